The number of halogens is 3. The van der Waals surface area contributed by atoms with Crippen molar-refractivity contribution in [3.05, 3.63) is 48.0 Å². The van der Waals surface area contributed by atoms with Gasteiger partial charge in [0, 0.05) is 24.3 Å². The minimum atomic E-state index is -4.42. The Kier molecular flexibility index (Phi) is 3.27. The van der Waals surface area contributed by atoms with Crippen LogP contribution in [0.3, 0.4) is 0 Å². The van der Waals surface area contributed by atoms with Crippen molar-refractivity contribution in [2.45, 2.75) is 12.6 Å². The maximum Gasteiger partial charge on any atom is 0.416 e. The number of nitrogens with zero attached hydrogens (tertiary/aromatic N) is 1. The van der Waals surface area contributed by atoms with E-state index in [4.69, 9.17) is 0 Å². The van der Waals surface area contributed by atoms with Crippen molar-refractivity contribution in [2.24, 2.45) is 0 Å². The van der Waals surface area contributed by atoms with Gasteiger partial charge in [0.05, 0.1) is 5.56 Å². The molecule has 1 aliphatic rings. The molecule has 1 saturated heterocycles. The summed E-state index contributed by atoms with van der Waals surface area (Å²) in [7, 11) is 0. The Morgan fingerprint density at radius 3 is 2.38 bits per heavy atom. The molecule has 1 heterocycles. The standard InChI is InChI=1S/C16H14F3NO/c17-16(18,19)12-5-6-15(21)14(10-12)11-3-1-4-13(9-11)20-7-2-8-20/h1,3-6,9-10,21H,2,7-8H2. The van der Waals surface area contributed by atoms with Gasteiger partial charge in [-0.3, -0.25) is 0 Å². The molecule has 1 aliphatic heterocycles. The lowest BCUT2D eigenvalue weighted by atomic mass is 10.0. The molecule has 0 amide bonds. The molecule has 2 aromatic rings. The normalized spacial score (nSPS) is 14.9. The molecule has 3 rings (SSSR count). The highest BCUT2D eigenvalue weighted by molar-refractivity contribution is 5.74. The lowest BCUT2D eigenvalue weighted by Gasteiger charge is -2.33. The van der Waals surface area contributed by atoms with Gasteiger partial charge >= 0.3 is 6.18 Å². The molecule has 5 heteroatoms. The SMILES string of the molecule is Oc1ccc(C(F)(F)F)cc1-c1cccc(N2CCC2)c1. The molecule has 0 spiro atoms. The maximum absolute atomic E-state index is 12.8. The Hall–Kier alpha value is -2.17. The van der Waals surface area contributed by atoms with E-state index in [1.807, 2.05) is 12.1 Å². The largest absolute Gasteiger partial charge is 0.507 e. The van der Waals surface area contributed by atoms with Gasteiger partial charge in [-0.15, -0.1) is 0 Å². The maximum atomic E-state index is 12.8. The van der Waals surface area contributed by atoms with E-state index in [9.17, 15) is 18.3 Å². The Labute approximate surface area is 120 Å². The van der Waals surface area contributed by atoms with Crippen molar-refractivity contribution in [2.75, 3.05) is 18.0 Å². The van der Waals surface area contributed by atoms with Gasteiger partial charge in [-0.05, 0) is 42.3 Å². The van der Waals surface area contributed by atoms with Crippen LogP contribution in [0, 0.1) is 0 Å². The van der Waals surface area contributed by atoms with Crippen LogP contribution in [0.4, 0.5) is 18.9 Å². The van der Waals surface area contributed by atoms with Gasteiger partial charge in [0.1, 0.15) is 5.75 Å². The molecule has 1 fully saturated rings. The van der Waals surface area contributed by atoms with E-state index in [1.165, 1.54) is 0 Å². The molecule has 2 nitrogen and oxygen atoms in total. The van der Waals surface area contributed by atoms with Crippen LogP contribution < -0.4 is 4.90 Å². The van der Waals surface area contributed by atoms with Gasteiger partial charge in [-0.2, -0.15) is 13.2 Å². The Morgan fingerprint density at radius 1 is 1.00 bits per heavy atom. The third kappa shape index (κ3) is 2.68. The summed E-state index contributed by atoms with van der Waals surface area (Å²) in [6.45, 7) is 1.91. The van der Waals surface area contributed by atoms with E-state index in [-0.39, 0.29) is 11.3 Å². The van der Waals surface area contributed by atoms with Crippen LogP contribution in [0.5, 0.6) is 5.75 Å². The fraction of sp³-hybridized carbons (Fsp3) is 0.250. The average molecular weight is 293 g/mol. The molecule has 0 bridgehead atoms. The van der Waals surface area contributed by atoms with Crippen LogP contribution >= 0.6 is 0 Å². The second-order valence-electron chi connectivity index (χ2n) is 5.12. The zero-order chi connectivity index (χ0) is 15.0. The monoisotopic (exact) mass is 293 g/mol. The zero-order valence-corrected chi connectivity index (χ0v) is 11.2. The molecule has 0 aliphatic carbocycles. The Morgan fingerprint density at radius 2 is 1.76 bits per heavy atom. The van der Waals surface area contributed by atoms with Gasteiger partial charge in [0.15, 0.2) is 0 Å². The Balaban J connectivity index is 2.03. The summed E-state index contributed by atoms with van der Waals surface area (Å²) < 4.78 is 38.4. The van der Waals surface area contributed by atoms with Crippen molar-refractivity contribution in [1.82, 2.24) is 0 Å². The topological polar surface area (TPSA) is 23.5 Å². The highest BCUT2D eigenvalue weighted by Gasteiger charge is 2.31. The molecule has 1 N–H and O–H groups in total. The zero-order valence-electron chi connectivity index (χ0n) is 11.2. The number of hydrogen-bond donors (Lipinski definition) is 1. The number of aromatic hydroxyl groups is 1. The van der Waals surface area contributed by atoms with Crippen molar-refractivity contribution in [1.29, 1.82) is 0 Å². The quantitative estimate of drug-likeness (QED) is 0.893. The number of phenolic OH excluding ortho intramolecular Hbond substituents is 1. The fourth-order valence-electron chi connectivity index (χ4n) is 2.39. The van der Waals surface area contributed by atoms with Crippen molar-refractivity contribution in [3.63, 3.8) is 0 Å². The molecule has 110 valence electrons. The molecule has 0 aromatic heterocycles. The van der Waals surface area contributed by atoms with Crippen LogP contribution in [0.15, 0.2) is 42.5 Å². The minimum absolute atomic E-state index is 0.149. The average Bonchev–Trinajstić information content (AvgIpc) is 2.36. The number of hydrogen-bond acceptors (Lipinski definition) is 2. The third-order valence-corrected chi connectivity index (χ3v) is 3.70. The van der Waals surface area contributed by atoms with E-state index < -0.39 is 11.7 Å². The summed E-state index contributed by atoms with van der Waals surface area (Å²) in [5.41, 5.74) is 0.996. The lowest BCUT2D eigenvalue weighted by Crippen LogP contribution is -2.36. The molecular formula is C16H14F3NO. The summed E-state index contributed by atoms with van der Waals surface area (Å²) >= 11 is 0. The second-order valence-corrected chi connectivity index (χ2v) is 5.12. The van der Waals surface area contributed by atoms with Crippen LogP contribution in [0.2, 0.25) is 0 Å². The van der Waals surface area contributed by atoms with Gasteiger partial charge < -0.3 is 10.0 Å². The molecule has 0 saturated carbocycles. The first-order valence-corrected chi connectivity index (χ1v) is 6.71. The fourth-order valence-corrected chi connectivity index (χ4v) is 2.39. The number of alkyl halides is 3. The highest BCUT2D eigenvalue weighted by atomic mass is 19.4. The van der Waals surface area contributed by atoms with Crippen LogP contribution in [-0.2, 0) is 6.18 Å². The summed E-state index contributed by atoms with van der Waals surface area (Å²) in [6.07, 6.45) is -3.30. The van der Waals surface area contributed by atoms with Gasteiger partial charge in [-0.1, -0.05) is 12.1 Å². The van der Waals surface area contributed by atoms with Gasteiger partial charge in [-0.25, -0.2) is 0 Å². The summed E-state index contributed by atoms with van der Waals surface area (Å²) in [6, 6.07) is 10.2. The predicted molar refractivity (Wildman–Crippen MR) is 75.4 cm³/mol. The third-order valence-electron chi connectivity index (χ3n) is 3.70. The van der Waals surface area contributed by atoms with Crippen molar-refractivity contribution >= 4 is 5.69 Å². The van der Waals surface area contributed by atoms with Crippen molar-refractivity contribution in [3.8, 4) is 16.9 Å². The molecular weight excluding hydrogens is 279 g/mol. The summed E-state index contributed by atoms with van der Waals surface area (Å²) in [5, 5.41) is 9.87. The molecule has 21 heavy (non-hydrogen) atoms. The van der Waals surface area contributed by atoms with Gasteiger partial charge in [0.2, 0.25) is 0 Å². The lowest BCUT2D eigenvalue weighted by molar-refractivity contribution is -0.137. The number of benzene rings is 2. The number of rotatable bonds is 2. The molecule has 2 aromatic carbocycles. The molecule has 0 unspecified atom stereocenters. The molecule has 0 radical (unpaired) electrons. The van der Waals surface area contributed by atoms with Crippen LogP contribution in [-0.4, -0.2) is 18.2 Å². The summed E-state index contributed by atoms with van der Waals surface area (Å²) in [5.74, 6) is -0.149. The smallest absolute Gasteiger partial charge is 0.416 e. The summed E-state index contributed by atoms with van der Waals surface area (Å²) in [4.78, 5) is 2.15. The minimum Gasteiger partial charge on any atom is -0.507 e. The predicted octanol–water partition coefficient (Wildman–Crippen LogP) is 4.29. The molecule has 0 atom stereocenters. The van der Waals surface area contributed by atoms with Crippen LogP contribution in [0.1, 0.15) is 12.0 Å². The Bertz CT molecular complexity index is 663. The van der Waals surface area contributed by atoms with E-state index in [0.717, 1.165) is 43.4 Å². The van der Waals surface area contributed by atoms with E-state index in [0.29, 0.717) is 5.56 Å². The van der Waals surface area contributed by atoms with E-state index in [2.05, 4.69) is 4.90 Å². The van der Waals surface area contributed by atoms with E-state index in [1.54, 1.807) is 12.1 Å². The highest BCUT2D eigenvalue weighted by Crippen LogP contribution is 2.37. The first-order valence-electron chi connectivity index (χ1n) is 6.71. The second kappa shape index (κ2) is 4.98. The first kappa shape index (κ1) is 13.8. The van der Waals surface area contributed by atoms with Crippen molar-refractivity contribution < 1.29 is 18.3 Å². The number of phenols is 1. The number of anilines is 1. The van der Waals surface area contributed by atoms with Crippen LogP contribution in [0.25, 0.3) is 11.1 Å². The first-order chi connectivity index (χ1) is 9.95. The van der Waals surface area contributed by atoms with E-state index >= 15 is 0 Å². The van der Waals surface area contributed by atoms with Gasteiger partial charge in [0.25, 0.3) is 0 Å².